The third-order valence-corrected chi connectivity index (χ3v) is 8.84. The van der Waals surface area contributed by atoms with Gasteiger partial charge in [0.05, 0.1) is 18.8 Å². The van der Waals surface area contributed by atoms with Crippen molar-refractivity contribution >= 4 is 23.5 Å². The van der Waals surface area contributed by atoms with Crippen molar-refractivity contribution < 1.29 is 28.5 Å². The van der Waals surface area contributed by atoms with Crippen LogP contribution in [0.2, 0.25) is 0 Å². The van der Waals surface area contributed by atoms with E-state index in [1.807, 2.05) is 103 Å². The largest absolute Gasteiger partial charge is 0.445 e. The number of nitrogens with zero attached hydrogens (tertiary/aromatic N) is 1. The zero-order chi connectivity index (χ0) is 32.6. The molecule has 2 N–H and O–H groups in total. The van der Waals surface area contributed by atoms with E-state index in [0.717, 1.165) is 39.3 Å². The van der Waals surface area contributed by atoms with Gasteiger partial charge in [0.15, 0.2) is 12.1 Å². The lowest BCUT2D eigenvalue weighted by atomic mass is 9.91. The number of hydrogen-bond donors (Lipinski definition) is 2. The van der Waals surface area contributed by atoms with E-state index in [9.17, 15) is 9.90 Å². The monoisotopic (exact) mass is 648 g/mol. The van der Waals surface area contributed by atoms with Gasteiger partial charge in [0, 0.05) is 34.0 Å². The lowest BCUT2D eigenvalue weighted by Gasteiger charge is -2.41. The molecule has 0 bridgehead atoms. The van der Waals surface area contributed by atoms with Crippen LogP contribution in [0.25, 0.3) is 22.6 Å². The molecule has 1 amide bonds. The Hall–Kier alpha value is -4.67. The van der Waals surface area contributed by atoms with Gasteiger partial charge in [0.25, 0.3) is 5.22 Å². The minimum absolute atomic E-state index is 0.0343. The highest BCUT2D eigenvalue weighted by Gasteiger charge is 2.39. The zero-order valence-electron chi connectivity index (χ0n) is 26.0. The molecule has 1 aliphatic heterocycles. The summed E-state index contributed by atoms with van der Waals surface area (Å²) in [5.74, 6) is 1.24. The first-order valence-corrected chi connectivity index (χ1v) is 16.4. The summed E-state index contributed by atoms with van der Waals surface area (Å²) in [6.45, 7) is 5.76. The molecule has 0 radical (unpaired) electrons. The molecule has 47 heavy (non-hydrogen) atoms. The molecule has 6 rings (SSSR count). The van der Waals surface area contributed by atoms with Crippen LogP contribution in [0, 0.1) is 5.92 Å². The molecule has 9 heteroatoms. The smallest absolute Gasteiger partial charge is 0.411 e. The fraction of sp³-hybridized carbons (Fsp3) is 0.211. The van der Waals surface area contributed by atoms with Crippen LogP contribution in [0.15, 0.2) is 131 Å². The van der Waals surface area contributed by atoms with Crippen LogP contribution in [-0.4, -0.2) is 34.6 Å². The normalized spacial score (nSPS) is 19.2. The summed E-state index contributed by atoms with van der Waals surface area (Å²) in [6, 6.07) is 35.1. The predicted molar refractivity (Wildman–Crippen MR) is 183 cm³/mol. The van der Waals surface area contributed by atoms with Crippen LogP contribution >= 0.6 is 11.8 Å². The second-order valence-electron chi connectivity index (χ2n) is 11.2. The molecule has 1 saturated heterocycles. The number of benzene rings is 4. The Balaban J connectivity index is 1.27. The maximum Gasteiger partial charge on any atom is 0.411 e. The number of nitrogens with one attached hydrogen (secondary N) is 1. The number of aliphatic hydroxyl groups is 1. The molecule has 1 aliphatic rings. The first-order valence-electron chi connectivity index (χ1n) is 15.4. The standard InChI is InChI=1S/C38H36N2O6S/c1-3-21-43-37(42)39-31-16-10-15-30(22-31)36-44-32(25(2)34(45-36)29-19-17-26(23-41)18-20-29)24-47-38-40-33(27-11-6-4-7-12-27)35(46-38)28-13-8-5-9-14-28/h3-20,22,25,32,34,36,41H,1,21,23-24H2,2H3,(H,39,42)/t25-,32+,34+,36+/m1/s1. The SMILES string of the molecule is C=CCOC(=O)Nc1cccc([C@H]2O[C@@H](CSc3nc(-c4ccccc4)c(-c4ccccc4)o3)[C@@H](C)[C@@H](c3ccc(CO)cc3)O2)c1. The van der Waals surface area contributed by atoms with Gasteiger partial charge in [-0.15, -0.1) is 0 Å². The second-order valence-corrected chi connectivity index (χ2v) is 12.1. The summed E-state index contributed by atoms with van der Waals surface area (Å²) in [4.78, 5) is 17.1. The lowest BCUT2D eigenvalue weighted by Crippen LogP contribution is -2.38. The van der Waals surface area contributed by atoms with E-state index in [1.165, 1.54) is 17.8 Å². The van der Waals surface area contributed by atoms with Crippen molar-refractivity contribution in [2.75, 3.05) is 17.7 Å². The average molecular weight is 649 g/mol. The molecule has 0 aliphatic carbocycles. The van der Waals surface area contributed by atoms with E-state index in [2.05, 4.69) is 18.8 Å². The number of aliphatic hydroxyl groups excluding tert-OH is 1. The summed E-state index contributed by atoms with van der Waals surface area (Å²) >= 11 is 1.50. The Kier molecular flexibility index (Phi) is 10.5. The molecular formula is C38H36N2O6S. The number of carbonyl (C=O) groups is 1. The Morgan fingerprint density at radius 3 is 2.36 bits per heavy atom. The number of carbonyl (C=O) groups excluding carboxylic acids is 1. The van der Waals surface area contributed by atoms with Gasteiger partial charge < -0.3 is 23.7 Å². The van der Waals surface area contributed by atoms with Gasteiger partial charge in [-0.1, -0.05) is 128 Å². The Morgan fingerprint density at radius 1 is 0.936 bits per heavy atom. The average Bonchev–Trinajstić information content (AvgIpc) is 3.56. The van der Waals surface area contributed by atoms with Crippen molar-refractivity contribution in [2.45, 2.75) is 37.3 Å². The second kappa shape index (κ2) is 15.3. The van der Waals surface area contributed by atoms with Gasteiger partial charge in [-0.2, -0.15) is 0 Å². The van der Waals surface area contributed by atoms with Gasteiger partial charge in [0.2, 0.25) is 0 Å². The highest BCUT2D eigenvalue weighted by atomic mass is 32.2. The van der Waals surface area contributed by atoms with E-state index >= 15 is 0 Å². The van der Waals surface area contributed by atoms with E-state index < -0.39 is 12.4 Å². The van der Waals surface area contributed by atoms with E-state index in [1.54, 1.807) is 6.07 Å². The van der Waals surface area contributed by atoms with Gasteiger partial charge in [-0.25, -0.2) is 9.78 Å². The number of ether oxygens (including phenoxy) is 3. The fourth-order valence-corrected chi connectivity index (χ4v) is 6.44. The molecule has 4 atom stereocenters. The number of hydrogen-bond acceptors (Lipinski definition) is 8. The molecule has 0 saturated carbocycles. The van der Waals surface area contributed by atoms with Crippen LogP contribution < -0.4 is 5.32 Å². The highest BCUT2D eigenvalue weighted by molar-refractivity contribution is 7.99. The molecule has 5 aromatic rings. The van der Waals surface area contributed by atoms with Crippen LogP contribution in [0.5, 0.6) is 0 Å². The number of rotatable bonds is 11. The summed E-state index contributed by atoms with van der Waals surface area (Å²) in [5, 5.41) is 12.9. The molecule has 1 aromatic heterocycles. The van der Waals surface area contributed by atoms with Crippen molar-refractivity contribution in [3.8, 4) is 22.6 Å². The summed E-state index contributed by atoms with van der Waals surface area (Å²) < 4.78 is 24.7. The maximum atomic E-state index is 12.2. The van der Waals surface area contributed by atoms with Crippen LogP contribution in [0.4, 0.5) is 10.5 Å². The summed E-state index contributed by atoms with van der Waals surface area (Å²) in [7, 11) is 0. The third-order valence-electron chi connectivity index (χ3n) is 7.92. The minimum Gasteiger partial charge on any atom is -0.445 e. The van der Waals surface area contributed by atoms with Gasteiger partial charge in [-0.3, -0.25) is 5.32 Å². The lowest BCUT2D eigenvalue weighted by molar-refractivity contribution is -0.268. The fourth-order valence-electron chi connectivity index (χ4n) is 5.45. The van der Waals surface area contributed by atoms with Crippen LogP contribution in [0.1, 0.15) is 36.0 Å². The van der Waals surface area contributed by atoms with E-state index in [-0.39, 0.29) is 31.3 Å². The molecule has 4 aromatic carbocycles. The van der Waals surface area contributed by atoms with E-state index in [4.69, 9.17) is 23.6 Å². The van der Waals surface area contributed by atoms with Crippen molar-refractivity contribution in [3.63, 3.8) is 0 Å². The molecule has 8 nitrogen and oxygen atoms in total. The minimum atomic E-state index is -0.713. The molecule has 2 heterocycles. The molecular weight excluding hydrogens is 612 g/mol. The zero-order valence-corrected chi connectivity index (χ0v) is 26.8. The Morgan fingerprint density at radius 2 is 1.66 bits per heavy atom. The van der Waals surface area contributed by atoms with Crippen molar-refractivity contribution in [1.29, 1.82) is 0 Å². The summed E-state index contributed by atoms with van der Waals surface area (Å²) in [5.41, 5.74) is 5.83. The quantitative estimate of drug-likeness (QED) is 0.108. The first-order chi connectivity index (χ1) is 23.0. The number of amides is 1. The molecule has 240 valence electrons. The van der Waals surface area contributed by atoms with Gasteiger partial charge in [0.1, 0.15) is 12.3 Å². The number of aromatic nitrogens is 1. The summed E-state index contributed by atoms with van der Waals surface area (Å²) in [6.07, 6.45) is -0.328. The highest BCUT2D eigenvalue weighted by Crippen LogP contribution is 2.44. The van der Waals surface area contributed by atoms with Crippen LogP contribution in [0.3, 0.4) is 0 Å². The first kappa shape index (κ1) is 32.3. The van der Waals surface area contributed by atoms with Gasteiger partial charge in [-0.05, 0) is 23.3 Å². The number of thioether (sulfide) groups is 1. The van der Waals surface area contributed by atoms with Crippen molar-refractivity contribution in [2.24, 2.45) is 5.92 Å². The van der Waals surface area contributed by atoms with Crippen molar-refractivity contribution in [3.05, 3.63) is 139 Å². The molecule has 0 unspecified atom stereocenters. The van der Waals surface area contributed by atoms with E-state index in [0.29, 0.717) is 16.7 Å². The molecule has 1 fully saturated rings. The number of anilines is 1. The maximum absolute atomic E-state index is 12.2. The Bertz CT molecular complexity index is 1720. The number of oxazole rings is 1. The van der Waals surface area contributed by atoms with Crippen LogP contribution in [-0.2, 0) is 20.8 Å². The Labute approximate surface area is 278 Å². The van der Waals surface area contributed by atoms with Gasteiger partial charge >= 0.3 is 6.09 Å². The molecule has 0 spiro atoms. The topological polar surface area (TPSA) is 103 Å². The van der Waals surface area contributed by atoms with Crippen molar-refractivity contribution in [1.82, 2.24) is 4.98 Å². The third kappa shape index (κ3) is 7.84. The predicted octanol–water partition coefficient (Wildman–Crippen LogP) is 8.82.